The van der Waals surface area contributed by atoms with Crippen molar-refractivity contribution < 1.29 is 5.11 Å². The van der Waals surface area contributed by atoms with Gasteiger partial charge < -0.3 is 16.2 Å². The largest absolute Gasteiger partial charge is 0.396 e. The maximum Gasteiger partial charge on any atom is 0.0539 e. The summed E-state index contributed by atoms with van der Waals surface area (Å²) in [5.41, 5.74) is 5.74. The second-order valence-corrected chi connectivity index (χ2v) is 5.55. The SMILES string of the molecule is NCC(NCCCCCO)c1cc(Br)cs1. The van der Waals surface area contributed by atoms with Gasteiger partial charge in [-0.3, -0.25) is 0 Å². The summed E-state index contributed by atoms with van der Waals surface area (Å²) in [4.78, 5) is 1.27. The van der Waals surface area contributed by atoms with Crippen molar-refractivity contribution in [2.24, 2.45) is 5.73 Å². The highest BCUT2D eigenvalue weighted by atomic mass is 79.9. The number of rotatable bonds is 8. The third kappa shape index (κ3) is 4.93. The molecule has 0 spiro atoms. The van der Waals surface area contributed by atoms with Gasteiger partial charge in [0.05, 0.1) is 6.04 Å². The summed E-state index contributed by atoms with van der Waals surface area (Å²) in [5.74, 6) is 0. The van der Waals surface area contributed by atoms with Gasteiger partial charge >= 0.3 is 0 Å². The van der Waals surface area contributed by atoms with E-state index in [-0.39, 0.29) is 12.6 Å². The van der Waals surface area contributed by atoms with Crippen molar-refractivity contribution in [3.05, 3.63) is 20.8 Å². The minimum absolute atomic E-state index is 0.255. The molecule has 0 saturated heterocycles. The summed E-state index contributed by atoms with van der Waals surface area (Å²) >= 11 is 5.17. The first kappa shape index (κ1) is 14.1. The summed E-state index contributed by atoms with van der Waals surface area (Å²) in [5, 5.41) is 14.2. The highest BCUT2D eigenvalue weighted by Gasteiger charge is 2.10. The Morgan fingerprint density at radius 3 is 2.81 bits per heavy atom. The van der Waals surface area contributed by atoms with E-state index in [1.54, 1.807) is 11.3 Å². The van der Waals surface area contributed by atoms with Crippen molar-refractivity contribution in [1.29, 1.82) is 0 Å². The Morgan fingerprint density at radius 2 is 2.25 bits per heavy atom. The van der Waals surface area contributed by atoms with E-state index in [0.717, 1.165) is 30.3 Å². The standard InChI is InChI=1S/C11H19BrN2OS/c12-9-6-11(16-8-9)10(7-13)14-4-2-1-3-5-15/h6,8,10,14-15H,1-5,7,13H2. The number of thiophene rings is 1. The molecule has 1 heterocycles. The van der Waals surface area contributed by atoms with Crippen molar-refractivity contribution in [1.82, 2.24) is 5.32 Å². The summed E-state index contributed by atoms with van der Waals surface area (Å²) < 4.78 is 1.12. The van der Waals surface area contributed by atoms with Crippen molar-refractivity contribution >= 4 is 27.3 Å². The van der Waals surface area contributed by atoms with Crippen LogP contribution in [0.1, 0.15) is 30.2 Å². The fourth-order valence-electron chi connectivity index (χ4n) is 1.50. The Morgan fingerprint density at radius 1 is 1.44 bits per heavy atom. The molecule has 0 radical (unpaired) electrons. The van der Waals surface area contributed by atoms with E-state index in [0.29, 0.717) is 6.54 Å². The number of nitrogens with two attached hydrogens (primary N) is 1. The van der Waals surface area contributed by atoms with Gasteiger partial charge in [0.25, 0.3) is 0 Å². The molecule has 0 bridgehead atoms. The quantitative estimate of drug-likeness (QED) is 0.646. The number of unbranched alkanes of at least 4 members (excludes halogenated alkanes) is 2. The van der Waals surface area contributed by atoms with Gasteiger partial charge in [-0.25, -0.2) is 0 Å². The molecule has 3 nitrogen and oxygen atoms in total. The van der Waals surface area contributed by atoms with Crippen LogP contribution in [0, 0.1) is 0 Å². The van der Waals surface area contributed by atoms with Crippen molar-refractivity contribution in [3.63, 3.8) is 0 Å². The van der Waals surface area contributed by atoms with E-state index in [1.807, 2.05) is 0 Å². The van der Waals surface area contributed by atoms with Crippen LogP contribution >= 0.6 is 27.3 Å². The normalized spacial score (nSPS) is 12.9. The number of aliphatic hydroxyl groups is 1. The van der Waals surface area contributed by atoms with Gasteiger partial charge in [-0.05, 0) is 47.8 Å². The number of hydrogen-bond acceptors (Lipinski definition) is 4. The van der Waals surface area contributed by atoms with Gasteiger partial charge in [-0.1, -0.05) is 0 Å². The third-order valence-corrected chi connectivity index (χ3v) is 4.20. The fourth-order valence-corrected chi connectivity index (χ4v) is 3.04. The summed E-state index contributed by atoms with van der Waals surface area (Å²) in [6.45, 7) is 1.86. The van der Waals surface area contributed by atoms with Crippen LogP contribution in [0.5, 0.6) is 0 Å². The zero-order valence-electron chi connectivity index (χ0n) is 9.29. The molecule has 1 unspecified atom stereocenters. The highest BCUT2D eigenvalue weighted by Crippen LogP contribution is 2.25. The molecule has 1 aromatic rings. The average Bonchev–Trinajstić information content (AvgIpc) is 2.70. The van der Waals surface area contributed by atoms with Crippen LogP contribution in [0.15, 0.2) is 15.9 Å². The Bertz CT molecular complexity index is 293. The van der Waals surface area contributed by atoms with Gasteiger partial charge in [0.1, 0.15) is 0 Å². The van der Waals surface area contributed by atoms with Gasteiger partial charge in [0.15, 0.2) is 0 Å². The fraction of sp³-hybridized carbons (Fsp3) is 0.636. The Labute approximate surface area is 109 Å². The molecule has 0 amide bonds. The Hall–Kier alpha value is 0.0600. The zero-order chi connectivity index (χ0) is 11.8. The number of nitrogens with one attached hydrogen (secondary N) is 1. The maximum atomic E-state index is 8.66. The van der Waals surface area contributed by atoms with Crippen LogP contribution in [0.25, 0.3) is 0 Å². The summed E-state index contributed by atoms with van der Waals surface area (Å²) in [6, 6.07) is 2.37. The van der Waals surface area contributed by atoms with E-state index >= 15 is 0 Å². The molecule has 92 valence electrons. The molecule has 1 rings (SSSR count). The second kappa shape index (κ2) is 8.20. The van der Waals surface area contributed by atoms with Gasteiger partial charge in [-0.2, -0.15) is 0 Å². The smallest absolute Gasteiger partial charge is 0.0539 e. The van der Waals surface area contributed by atoms with Crippen LogP contribution in [0.4, 0.5) is 0 Å². The average molecular weight is 307 g/mol. The molecule has 4 N–H and O–H groups in total. The molecule has 0 aliphatic rings. The van der Waals surface area contributed by atoms with Crippen LogP contribution in [0.2, 0.25) is 0 Å². The lowest BCUT2D eigenvalue weighted by atomic mass is 10.2. The first-order valence-corrected chi connectivity index (χ1v) is 7.23. The molecule has 0 aliphatic heterocycles. The molecule has 0 fully saturated rings. The van der Waals surface area contributed by atoms with Crippen LogP contribution < -0.4 is 11.1 Å². The second-order valence-electron chi connectivity index (χ2n) is 3.69. The van der Waals surface area contributed by atoms with Gasteiger partial charge in [-0.15, -0.1) is 11.3 Å². The lowest BCUT2D eigenvalue weighted by Gasteiger charge is -2.14. The Balaban J connectivity index is 2.27. The zero-order valence-corrected chi connectivity index (χ0v) is 11.7. The highest BCUT2D eigenvalue weighted by molar-refractivity contribution is 9.10. The Kier molecular flexibility index (Phi) is 7.23. The summed E-state index contributed by atoms with van der Waals surface area (Å²) in [6.07, 6.45) is 3.04. The molecule has 5 heteroatoms. The molecule has 1 aromatic heterocycles. The topological polar surface area (TPSA) is 58.3 Å². The van der Waals surface area contributed by atoms with Crippen LogP contribution in [0.3, 0.4) is 0 Å². The first-order chi connectivity index (χ1) is 7.77. The van der Waals surface area contributed by atoms with Crippen molar-refractivity contribution in [2.75, 3.05) is 19.7 Å². The lowest BCUT2D eigenvalue weighted by molar-refractivity contribution is 0.282. The minimum atomic E-state index is 0.255. The molecule has 16 heavy (non-hydrogen) atoms. The van der Waals surface area contributed by atoms with Gasteiger partial charge in [0, 0.05) is 27.9 Å². The third-order valence-electron chi connectivity index (χ3n) is 2.39. The van der Waals surface area contributed by atoms with E-state index in [4.69, 9.17) is 10.8 Å². The van der Waals surface area contributed by atoms with Gasteiger partial charge in [0.2, 0.25) is 0 Å². The van der Waals surface area contributed by atoms with E-state index in [1.165, 1.54) is 4.88 Å². The maximum absolute atomic E-state index is 8.66. The van der Waals surface area contributed by atoms with E-state index in [9.17, 15) is 0 Å². The molecular formula is C11H19BrN2OS. The first-order valence-electron chi connectivity index (χ1n) is 5.56. The summed E-state index contributed by atoms with van der Waals surface area (Å²) in [7, 11) is 0. The van der Waals surface area contributed by atoms with E-state index in [2.05, 4.69) is 32.7 Å². The monoisotopic (exact) mass is 306 g/mol. The molecule has 0 aliphatic carbocycles. The van der Waals surface area contributed by atoms with Crippen LogP contribution in [-0.2, 0) is 0 Å². The molecule has 0 saturated carbocycles. The minimum Gasteiger partial charge on any atom is -0.396 e. The molecule has 1 atom stereocenters. The predicted molar refractivity (Wildman–Crippen MR) is 72.8 cm³/mol. The van der Waals surface area contributed by atoms with Crippen molar-refractivity contribution in [2.45, 2.75) is 25.3 Å². The molecular weight excluding hydrogens is 288 g/mol. The van der Waals surface area contributed by atoms with E-state index < -0.39 is 0 Å². The number of halogens is 1. The number of aliphatic hydroxyl groups excluding tert-OH is 1. The predicted octanol–water partition coefficient (Wildman–Crippen LogP) is 2.26. The van der Waals surface area contributed by atoms with Crippen LogP contribution in [-0.4, -0.2) is 24.8 Å². The van der Waals surface area contributed by atoms with Crippen molar-refractivity contribution in [3.8, 4) is 0 Å². The lowest BCUT2D eigenvalue weighted by Crippen LogP contribution is -2.28. The molecule has 0 aromatic carbocycles. The number of hydrogen-bond donors (Lipinski definition) is 3.